The van der Waals surface area contributed by atoms with Crippen molar-refractivity contribution in [3.05, 3.63) is 29.6 Å². The number of aromatic nitrogens is 1. The predicted molar refractivity (Wildman–Crippen MR) is 79.0 cm³/mol. The van der Waals surface area contributed by atoms with Crippen LogP contribution in [0.15, 0.2) is 18.3 Å². The van der Waals surface area contributed by atoms with Crippen LogP contribution in [0.5, 0.6) is 0 Å². The first-order chi connectivity index (χ1) is 9.99. The molecule has 2 unspecified atom stereocenters. The van der Waals surface area contributed by atoms with Gasteiger partial charge in [0.25, 0.3) is 5.91 Å². The minimum absolute atomic E-state index is 0.0414. The summed E-state index contributed by atoms with van der Waals surface area (Å²) in [5, 5.41) is 8.91. The van der Waals surface area contributed by atoms with Crippen LogP contribution in [-0.2, 0) is 4.79 Å². The molecule has 0 radical (unpaired) electrons. The molecule has 1 fully saturated rings. The molecule has 5 heteroatoms. The lowest BCUT2D eigenvalue weighted by Crippen LogP contribution is -2.42. The second-order valence-corrected chi connectivity index (χ2v) is 5.90. The number of piperidine rings is 1. The van der Waals surface area contributed by atoms with Crippen LogP contribution in [0.4, 0.5) is 0 Å². The Hall–Kier alpha value is -1.91. The number of nitrogens with zero attached hydrogens (tertiary/aromatic N) is 2. The third-order valence-corrected chi connectivity index (χ3v) is 4.26. The highest BCUT2D eigenvalue weighted by Crippen LogP contribution is 2.27. The van der Waals surface area contributed by atoms with Gasteiger partial charge in [-0.15, -0.1) is 0 Å². The van der Waals surface area contributed by atoms with Crippen molar-refractivity contribution in [2.45, 2.75) is 33.1 Å². The molecule has 114 valence electrons. The molecule has 1 aromatic heterocycles. The van der Waals surface area contributed by atoms with E-state index in [1.54, 1.807) is 6.20 Å². The van der Waals surface area contributed by atoms with E-state index in [-0.39, 0.29) is 24.2 Å². The topological polar surface area (TPSA) is 70.5 Å². The molecule has 21 heavy (non-hydrogen) atoms. The maximum absolute atomic E-state index is 12.6. The van der Waals surface area contributed by atoms with Crippen LogP contribution in [0.25, 0.3) is 0 Å². The lowest BCUT2D eigenvalue weighted by molar-refractivity contribution is -0.138. The Labute approximate surface area is 125 Å². The summed E-state index contributed by atoms with van der Waals surface area (Å²) in [6.07, 6.45) is 3.70. The van der Waals surface area contributed by atoms with Crippen molar-refractivity contribution in [3.8, 4) is 0 Å². The molecule has 0 aliphatic carbocycles. The number of hydrogen-bond donors (Lipinski definition) is 1. The summed E-state index contributed by atoms with van der Waals surface area (Å²) in [5.74, 6) is -0.474. The van der Waals surface area contributed by atoms with Crippen molar-refractivity contribution < 1.29 is 14.7 Å². The highest BCUT2D eigenvalue weighted by molar-refractivity contribution is 5.93. The van der Waals surface area contributed by atoms with E-state index in [0.29, 0.717) is 12.2 Å². The fraction of sp³-hybridized carbons (Fsp3) is 0.562. The fourth-order valence-electron chi connectivity index (χ4n) is 2.96. The first-order valence-corrected chi connectivity index (χ1v) is 7.41. The number of rotatable bonds is 4. The Bertz CT molecular complexity index is 530. The number of carboxylic acid groups (broad SMARTS) is 1. The average Bonchev–Trinajstić information content (AvgIpc) is 2.46. The molecule has 2 atom stereocenters. The number of amides is 1. The molecule has 1 aliphatic rings. The van der Waals surface area contributed by atoms with Gasteiger partial charge in [-0.2, -0.15) is 0 Å². The van der Waals surface area contributed by atoms with E-state index in [2.05, 4.69) is 4.98 Å². The first kappa shape index (κ1) is 15.5. The third kappa shape index (κ3) is 3.80. The van der Waals surface area contributed by atoms with Crippen molar-refractivity contribution >= 4 is 11.9 Å². The van der Waals surface area contributed by atoms with Crippen LogP contribution in [0.1, 0.15) is 42.2 Å². The molecule has 2 rings (SSSR count). The summed E-state index contributed by atoms with van der Waals surface area (Å²) in [4.78, 5) is 29.4. The van der Waals surface area contributed by atoms with E-state index in [4.69, 9.17) is 5.11 Å². The minimum Gasteiger partial charge on any atom is -0.481 e. The second-order valence-electron chi connectivity index (χ2n) is 5.90. The first-order valence-electron chi connectivity index (χ1n) is 7.41. The highest BCUT2D eigenvalue weighted by Gasteiger charge is 2.29. The number of aliphatic carboxylic acids is 1. The maximum atomic E-state index is 12.6. The van der Waals surface area contributed by atoms with Gasteiger partial charge in [-0.3, -0.25) is 14.6 Å². The van der Waals surface area contributed by atoms with Gasteiger partial charge in [0.15, 0.2) is 0 Å². The van der Waals surface area contributed by atoms with E-state index >= 15 is 0 Å². The predicted octanol–water partition coefficient (Wildman–Crippen LogP) is 2.35. The molecule has 2 heterocycles. The van der Waals surface area contributed by atoms with E-state index < -0.39 is 5.97 Å². The SMILES string of the molecule is Cc1cccnc1C(=O)N1CCCC(C(C)CC(=O)O)C1. The molecule has 1 aliphatic heterocycles. The zero-order valence-electron chi connectivity index (χ0n) is 12.6. The zero-order chi connectivity index (χ0) is 15.4. The number of carbonyl (C=O) groups is 2. The number of likely N-dealkylation sites (tertiary alicyclic amines) is 1. The molecular formula is C16H22N2O3. The molecule has 1 amide bonds. The molecule has 0 saturated carbocycles. The Kier molecular flexibility index (Phi) is 4.94. The largest absolute Gasteiger partial charge is 0.481 e. The van der Waals surface area contributed by atoms with E-state index in [0.717, 1.165) is 24.9 Å². The van der Waals surface area contributed by atoms with Crippen LogP contribution >= 0.6 is 0 Å². The van der Waals surface area contributed by atoms with Crippen LogP contribution in [0, 0.1) is 18.8 Å². The van der Waals surface area contributed by atoms with Gasteiger partial charge in [-0.25, -0.2) is 0 Å². The smallest absolute Gasteiger partial charge is 0.303 e. The molecule has 0 bridgehead atoms. The van der Waals surface area contributed by atoms with Gasteiger partial charge < -0.3 is 10.0 Å². The van der Waals surface area contributed by atoms with Gasteiger partial charge in [0.1, 0.15) is 5.69 Å². The van der Waals surface area contributed by atoms with Gasteiger partial charge in [0.05, 0.1) is 0 Å². The number of carbonyl (C=O) groups excluding carboxylic acids is 1. The summed E-state index contributed by atoms with van der Waals surface area (Å²) < 4.78 is 0. The van der Waals surface area contributed by atoms with Crippen LogP contribution in [0.2, 0.25) is 0 Å². The zero-order valence-corrected chi connectivity index (χ0v) is 12.6. The normalized spacial score (nSPS) is 20.1. The Morgan fingerprint density at radius 3 is 2.95 bits per heavy atom. The quantitative estimate of drug-likeness (QED) is 0.924. The molecule has 0 spiro atoms. The number of hydrogen-bond acceptors (Lipinski definition) is 3. The summed E-state index contributed by atoms with van der Waals surface area (Å²) in [6, 6.07) is 3.70. The van der Waals surface area contributed by atoms with Crippen molar-refractivity contribution in [3.63, 3.8) is 0 Å². The van der Waals surface area contributed by atoms with Crippen molar-refractivity contribution in [2.75, 3.05) is 13.1 Å². The molecule has 5 nitrogen and oxygen atoms in total. The Balaban J connectivity index is 2.05. The van der Waals surface area contributed by atoms with E-state index in [1.165, 1.54) is 0 Å². The summed E-state index contributed by atoms with van der Waals surface area (Å²) in [7, 11) is 0. The highest BCUT2D eigenvalue weighted by atomic mass is 16.4. The van der Waals surface area contributed by atoms with Crippen molar-refractivity contribution in [1.82, 2.24) is 9.88 Å². The second kappa shape index (κ2) is 6.70. The van der Waals surface area contributed by atoms with Crippen molar-refractivity contribution in [1.29, 1.82) is 0 Å². The molecule has 0 aromatic carbocycles. The van der Waals surface area contributed by atoms with Crippen LogP contribution < -0.4 is 0 Å². The minimum atomic E-state index is -0.772. The molecular weight excluding hydrogens is 268 g/mol. The lowest BCUT2D eigenvalue weighted by Gasteiger charge is -2.35. The van der Waals surface area contributed by atoms with Crippen LogP contribution in [-0.4, -0.2) is 40.0 Å². The van der Waals surface area contributed by atoms with Crippen LogP contribution in [0.3, 0.4) is 0 Å². The van der Waals surface area contributed by atoms with Gasteiger partial charge in [0, 0.05) is 25.7 Å². The number of pyridine rings is 1. The summed E-state index contributed by atoms with van der Waals surface area (Å²) in [5.41, 5.74) is 1.38. The van der Waals surface area contributed by atoms with Gasteiger partial charge >= 0.3 is 5.97 Å². The Morgan fingerprint density at radius 1 is 1.52 bits per heavy atom. The molecule has 1 saturated heterocycles. The van der Waals surface area contributed by atoms with Gasteiger partial charge in [0.2, 0.25) is 0 Å². The average molecular weight is 290 g/mol. The summed E-state index contributed by atoms with van der Waals surface area (Å²) in [6.45, 7) is 5.20. The third-order valence-electron chi connectivity index (χ3n) is 4.26. The summed E-state index contributed by atoms with van der Waals surface area (Å²) >= 11 is 0. The van der Waals surface area contributed by atoms with E-state index in [9.17, 15) is 9.59 Å². The standard InChI is InChI=1S/C16H22N2O3/c1-11-5-3-7-17-15(11)16(21)18-8-4-6-13(10-18)12(2)9-14(19)20/h3,5,7,12-13H,4,6,8-10H2,1-2H3,(H,19,20). The van der Waals surface area contributed by atoms with Crippen molar-refractivity contribution in [2.24, 2.45) is 11.8 Å². The Morgan fingerprint density at radius 2 is 2.29 bits per heavy atom. The number of carboxylic acids is 1. The maximum Gasteiger partial charge on any atom is 0.303 e. The molecule has 1 N–H and O–H groups in total. The van der Waals surface area contributed by atoms with Gasteiger partial charge in [-0.1, -0.05) is 13.0 Å². The van der Waals surface area contributed by atoms with Gasteiger partial charge in [-0.05, 0) is 43.2 Å². The molecule has 1 aromatic rings. The number of aryl methyl sites for hydroxylation is 1. The van der Waals surface area contributed by atoms with E-state index in [1.807, 2.05) is 30.9 Å². The lowest BCUT2D eigenvalue weighted by atomic mass is 9.84. The fourth-order valence-corrected chi connectivity index (χ4v) is 2.96. The monoisotopic (exact) mass is 290 g/mol.